The number of carbonyl (C=O) groups is 1. The van der Waals surface area contributed by atoms with Gasteiger partial charge < -0.3 is 0 Å². The number of rotatable bonds is 6. The molecule has 146 valence electrons. The Morgan fingerprint density at radius 2 is 1.93 bits per heavy atom. The van der Waals surface area contributed by atoms with Gasteiger partial charge in [0.25, 0.3) is 10.0 Å². The number of pyridine rings is 1. The van der Waals surface area contributed by atoms with Crippen molar-refractivity contribution in [1.82, 2.24) is 4.98 Å². The Morgan fingerprint density at radius 3 is 2.59 bits per heavy atom. The monoisotopic (exact) mass is 425 g/mol. The highest BCUT2D eigenvalue weighted by Gasteiger charge is 2.25. The van der Waals surface area contributed by atoms with E-state index < -0.39 is 21.7 Å². The second-order valence-electron chi connectivity index (χ2n) is 6.28. The van der Waals surface area contributed by atoms with Gasteiger partial charge in [0.05, 0.1) is 22.3 Å². The zero-order valence-corrected chi connectivity index (χ0v) is 16.9. The van der Waals surface area contributed by atoms with Gasteiger partial charge in [-0.25, -0.2) is 8.42 Å². The molecule has 0 unspecified atom stereocenters. The Kier molecular flexibility index (Phi) is 5.97. The lowest BCUT2D eigenvalue weighted by Gasteiger charge is -2.13. The summed E-state index contributed by atoms with van der Waals surface area (Å²) >= 11 is 5.91. The number of aryl methyl sites for hydroxylation is 1. The predicted octanol–water partition coefficient (Wildman–Crippen LogP) is 4.33. The van der Waals surface area contributed by atoms with E-state index in [9.17, 15) is 18.5 Å². The number of nitrogens with zero attached hydrogens (tertiary/aromatic N) is 2. The summed E-state index contributed by atoms with van der Waals surface area (Å²) in [5.74, 6) is -1.65. The number of carbonyl (C=O) groups excluding carboxylic acids is 1. The lowest BCUT2D eigenvalue weighted by molar-refractivity contribution is 0.0977. The number of hydrogen-bond donors (Lipinski definition) is 1. The number of benzene rings is 2. The van der Waals surface area contributed by atoms with E-state index in [1.807, 2.05) is 6.07 Å². The van der Waals surface area contributed by atoms with Crippen molar-refractivity contribution in [2.75, 3.05) is 4.72 Å². The Bertz CT molecular complexity index is 1210. The first-order valence-electron chi connectivity index (χ1n) is 8.55. The maximum absolute atomic E-state index is 12.9. The van der Waals surface area contributed by atoms with E-state index in [2.05, 4.69) is 9.71 Å². The number of nitriles is 1. The molecule has 6 nitrogen and oxygen atoms in total. The van der Waals surface area contributed by atoms with Crippen LogP contribution < -0.4 is 4.72 Å². The van der Waals surface area contributed by atoms with Crippen molar-refractivity contribution in [1.29, 1.82) is 5.26 Å². The fourth-order valence-electron chi connectivity index (χ4n) is 2.78. The van der Waals surface area contributed by atoms with Crippen LogP contribution in [0.25, 0.3) is 0 Å². The smallest absolute Gasteiger partial charge is 0.262 e. The van der Waals surface area contributed by atoms with Gasteiger partial charge in [0.2, 0.25) is 0 Å². The number of ketones is 1. The van der Waals surface area contributed by atoms with Crippen molar-refractivity contribution in [3.63, 3.8) is 0 Å². The molecular formula is C21H16ClN3O3S. The molecular weight excluding hydrogens is 410 g/mol. The first-order chi connectivity index (χ1) is 13.8. The van der Waals surface area contributed by atoms with E-state index in [4.69, 9.17) is 11.6 Å². The number of halogens is 1. The molecule has 1 atom stereocenters. The maximum atomic E-state index is 12.9. The van der Waals surface area contributed by atoms with E-state index in [1.54, 1.807) is 43.3 Å². The molecule has 0 fully saturated rings. The molecule has 0 aliphatic heterocycles. The molecule has 1 heterocycles. The third-order valence-electron chi connectivity index (χ3n) is 4.21. The van der Waals surface area contributed by atoms with Crippen LogP contribution in [0.3, 0.4) is 0 Å². The second-order valence-corrected chi connectivity index (χ2v) is 8.36. The van der Waals surface area contributed by atoms with Crippen molar-refractivity contribution < 1.29 is 13.2 Å². The van der Waals surface area contributed by atoms with Crippen LogP contribution in [0.15, 0.2) is 71.8 Å². The van der Waals surface area contributed by atoms with Gasteiger partial charge in [0.1, 0.15) is 0 Å². The van der Waals surface area contributed by atoms with Crippen LogP contribution in [0.2, 0.25) is 5.02 Å². The molecule has 3 rings (SSSR count). The van der Waals surface area contributed by atoms with Crippen molar-refractivity contribution in [3.8, 4) is 6.07 Å². The van der Waals surface area contributed by atoms with Crippen molar-refractivity contribution >= 4 is 33.1 Å². The minimum absolute atomic E-state index is 0.0546. The summed E-state index contributed by atoms with van der Waals surface area (Å²) in [5, 5.41) is 9.85. The molecule has 0 saturated heterocycles. The molecule has 0 spiro atoms. The second kappa shape index (κ2) is 8.43. The third-order valence-corrected chi connectivity index (χ3v) is 5.97. The van der Waals surface area contributed by atoms with E-state index in [0.29, 0.717) is 22.0 Å². The van der Waals surface area contributed by atoms with Gasteiger partial charge in [-0.15, -0.1) is 0 Å². The van der Waals surface area contributed by atoms with E-state index in [-0.39, 0.29) is 10.5 Å². The minimum atomic E-state index is -3.97. The van der Waals surface area contributed by atoms with Gasteiger partial charge in [-0.2, -0.15) is 5.26 Å². The molecule has 0 aliphatic carbocycles. The van der Waals surface area contributed by atoms with Gasteiger partial charge in [0, 0.05) is 16.8 Å². The lowest BCUT2D eigenvalue weighted by Crippen LogP contribution is -2.17. The average molecular weight is 426 g/mol. The minimum Gasteiger partial charge on any atom is -0.292 e. The summed E-state index contributed by atoms with van der Waals surface area (Å²) in [4.78, 5) is 16.9. The first kappa shape index (κ1) is 20.5. The molecule has 0 saturated carbocycles. The molecule has 0 bridgehead atoms. The van der Waals surface area contributed by atoms with Crippen LogP contribution in [0.5, 0.6) is 0 Å². The molecule has 0 aliphatic rings. The topological polar surface area (TPSA) is 99.9 Å². The fraction of sp³-hybridized carbons (Fsp3) is 0.0952. The molecule has 0 radical (unpaired) electrons. The lowest BCUT2D eigenvalue weighted by atomic mass is 9.95. The number of aromatic nitrogens is 1. The zero-order valence-electron chi connectivity index (χ0n) is 15.3. The van der Waals surface area contributed by atoms with Crippen LogP contribution in [-0.2, 0) is 10.0 Å². The van der Waals surface area contributed by atoms with Crippen molar-refractivity contribution in [2.24, 2.45) is 0 Å². The average Bonchev–Trinajstić information content (AvgIpc) is 2.69. The largest absolute Gasteiger partial charge is 0.292 e. The standard InChI is InChI=1S/C21H16ClN3O3S/c1-14-8-9-15(21(26)18(13-23)19-7-2-3-10-24-19)11-20(14)29(27,28)25-17-6-4-5-16(22)12-17/h2-12,18,25H,1H3/t18-/m0/s1. The molecule has 1 N–H and O–H groups in total. The quantitative estimate of drug-likeness (QED) is 0.592. The van der Waals surface area contributed by atoms with E-state index >= 15 is 0 Å². The summed E-state index contributed by atoms with van der Waals surface area (Å²) in [6.45, 7) is 1.63. The van der Waals surface area contributed by atoms with E-state index in [1.165, 1.54) is 30.5 Å². The highest BCUT2D eigenvalue weighted by Crippen LogP contribution is 2.25. The molecule has 2 aromatic carbocycles. The summed E-state index contributed by atoms with van der Waals surface area (Å²) in [6, 6.07) is 17.5. The molecule has 0 amide bonds. The van der Waals surface area contributed by atoms with Crippen LogP contribution in [0.4, 0.5) is 5.69 Å². The zero-order chi connectivity index (χ0) is 21.0. The van der Waals surface area contributed by atoms with Crippen LogP contribution in [0, 0.1) is 18.3 Å². The van der Waals surface area contributed by atoms with E-state index in [0.717, 1.165) is 0 Å². The van der Waals surface area contributed by atoms with Gasteiger partial charge >= 0.3 is 0 Å². The van der Waals surface area contributed by atoms with Gasteiger partial charge in [-0.05, 0) is 48.9 Å². The Balaban J connectivity index is 1.97. The Morgan fingerprint density at radius 1 is 1.14 bits per heavy atom. The summed E-state index contributed by atoms with van der Waals surface area (Å²) in [7, 11) is -3.97. The number of Topliss-reactive ketones (excluding diaryl/α,β-unsaturated/α-hetero) is 1. The number of hydrogen-bond acceptors (Lipinski definition) is 5. The summed E-state index contributed by atoms with van der Waals surface area (Å²) < 4.78 is 28.2. The maximum Gasteiger partial charge on any atom is 0.262 e. The predicted molar refractivity (Wildman–Crippen MR) is 110 cm³/mol. The van der Waals surface area contributed by atoms with Gasteiger partial charge in [-0.3, -0.25) is 14.5 Å². The van der Waals surface area contributed by atoms with Crippen molar-refractivity contribution in [3.05, 3.63) is 88.7 Å². The fourth-order valence-corrected chi connectivity index (χ4v) is 4.29. The summed E-state index contributed by atoms with van der Waals surface area (Å²) in [5.41, 5.74) is 1.18. The Labute approximate surface area is 173 Å². The normalized spacial score (nSPS) is 12.0. The number of anilines is 1. The molecule has 29 heavy (non-hydrogen) atoms. The highest BCUT2D eigenvalue weighted by molar-refractivity contribution is 7.92. The van der Waals surface area contributed by atoms with Crippen LogP contribution in [-0.4, -0.2) is 19.2 Å². The number of sulfonamides is 1. The Hall–Kier alpha value is -3.21. The number of nitrogens with one attached hydrogen (secondary N) is 1. The SMILES string of the molecule is Cc1ccc(C(=O)[C@@H](C#N)c2ccccn2)cc1S(=O)(=O)Nc1cccc(Cl)c1. The summed E-state index contributed by atoms with van der Waals surface area (Å²) in [6.07, 6.45) is 1.49. The molecule has 8 heteroatoms. The van der Waals surface area contributed by atoms with Gasteiger partial charge in [-0.1, -0.05) is 35.9 Å². The molecule has 1 aromatic heterocycles. The van der Waals surface area contributed by atoms with Crippen LogP contribution in [0.1, 0.15) is 27.5 Å². The highest BCUT2D eigenvalue weighted by atomic mass is 35.5. The third kappa shape index (κ3) is 4.62. The van der Waals surface area contributed by atoms with Gasteiger partial charge in [0.15, 0.2) is 11.7 Å². The van der Waals surface area contributed by atoms with Crippen molar-refractivity contribution in [2.45, 2.75) is 17.7 Å². The first-order valence-corrected chi connectivity index (χ1v) is 10.4. The van der Waals surface area contributed by atoms with Crippen LogP contribution >= 0.6 is 11.6 Å². The molecule has 3 aromatic rings.